The minimum absolute atomic E-state index is 0.118. The zero-order valence-electron chi connectivity index (χ0n) is 10.1. The Balaban J connectivity index is 2.05. The van der Waals surface area contributed by atoms with Gasteiger partial charge in [-0.3, -0.25) is 4.79 Å². The zero-order chi connectivity index (χ0) is 13.1. The molecule has 5 heteroatoms. The molecular formula is C13H16ClNO2S. The molecule has 1 aromatic carbocycles. The molecule has 2 N–H and O–H groups in total. The lowest BCUT2D eigenvalue weighted by molar-refractivity contribution is -0.122. The Bertz CT molecular complexity index is 453. The van der Waals surface area contributed by atoms with Crippen LogP contribution in [0.25, 0.3) is 0 Å². The standard InChI is InChI=1S/C13H16ClNO2S/c1-18-12-6-5-8(7-10(12)14)15-13(17)9-3-2-4-11(9)16/h5-7,9,11,16H,2-4H2,1H3,(H,15,17). The van der Waals surface area contributed by atoms with Gasteiger partial charge in [-0.1, -0.05) is 11.6 Å². The van der Waals surface area contributed by atoms with Gasteiger partial charge in [0.25, 0.3) is 0 Å². The third-order valence-corrected chi connectivity index (χ3v) is 4.46. The second-order valence-electron chi connectivity index (χ2n) is 4.44. The lowest BCUT2D eigenvalue weighted by atomic mass is 10.1. The monoisotopic (exact) mass is 285 g/mol. The lowest BCUT2D eigenvalue weighted by Gasteiger charge is -2.14. The van der Waals surface area contributed by atoms with Crippen molar-refractivity contribution in [2.24, 2.45) is 5.92 Å². The van der Waals surface area contributed by atoms with Crippen LogP contribution in [0, 0.1) is 5.92 Å². The van der Waals surface area contributed by atoms with E-state index in [2.05, 4.69) is 5.32 Å². The Kier molecular flexibility index (Phi) is 4.54. The maximum atomic E-state index is 12.0. The van der Waals surface area contributed by atoms with E-state index in [4.69, 9.17) is 11.6 Å². The van der Waals surface area contributed by atoms with E-state index in [0.29, 0.717) is 17.1 Å². The molecule has 0 aromatic heterocycles. The van der Waals surface area contributed by atoms with Gasteiger partial charge < -0.3 is 10.4 Å². The summed E-state index contributed by atoms with van der Waals surface area (Å²) in [5.41, 5.74) is 0.682. The third kappa shape index (κ3) is 2.99. The van der Waals surface area contributed by atoms with Crippen molar-refractivity contribution in [3.05, 3.63) is 23.2 Å². The predicted molar refractivity (Wildman–Crippen MR) is 75.2 cm³/mol. The van der Waals surface area contributed by atoms with Crippen LogP contribution in [0.2, 0.25) is 5.02 Å². The number of carbonyl (C=O) groups excluding carboxylic acids is 1. The van der Waals surface area contributed by atoms with Crippen molar-refractivity contribution >= 4 is 35.0 Å². The average Bonchev–Trinajstić information content (AvgIpc) is 2.76. The third-order valence-electron chi connectivity index (χ3n) is 3.24. The first-order chi connectivity index (χ1) is 8.61. The van der Waals surface area contributed by atoms with E-state index in [-0.39, 0.29) is 11.8 Å². The van der Waals surface area contributed by atoms with Gasteiger partial charge in [0.05, 0.1) is 17.0 Å². The maximum Gasteiger partial charge on any atom is 0.230 e. The van der Waals surface area contributed by atoms with E-state index < -0.39 is 6.10 Å². The largest absolute Gasteiger partial charge is 0.392 e. The zero-order valence-corrected chi connectivity index (χ0v) is 11.7. The first kappa shape index (κ1) is 13.7. The van der Waals surface area contributed by atoms with Crippen LogP contribution < -0.4 is 5.32 Å². The van der Waals surface area contributed by atoms with Crippen LogP contribution in [0.4, 0.5) is 5.69 Å². The molecule has 0 saturated heterocycles. The highest BCUT2D eigenvalue weighted by molar-refractivity contribution is 7.98. The van der Waals surface area contributed by atoms with Gasteiger partial charge in [0.15, 0.2) is 0 Å². The predicted octanol–water partition coefficient (Wildman–Crippen LogP) is 3.16. The molecule has 2 unspecified atom stereocenters. The number of thioether (sulfide) groups is 1. The van der Waals surface area contributed by atoms with Crippen molar-refractivity contribution in [2.75, 3.05) is 11.6 Å². The molecule has 1 aliphatic carbocycles. The van der Waals surface area contributed by atoms with Gasteiger partial charge in [0.1, 0.15) is 0 Å². The molecule has 0 spiro atoms. The smallest absolute Gasteiger partial charge is 0.230 e. The number of hydrogen-bond acceptors (Lipinski definition) is 3. The van der Waals surface area contributed by atoms with E-state index in [1.165, 1.54) is 0 Å². The fourth-order valence-corrected chi connectivity index (χ4v) is 3.10. The molecule has 0 aliphatic heterocycles. The first-order valence-electron chi connectivity index (χ1n) is 5.94. The lowest BCUT2D eigenvalue weighted by Crippen LogP contribution is -2.28. The molecule has 98 valence electrons. The Labute approximate surface area is 116 Å². The van der Waals surface area contributed by atoms with Crippen LogP contribution in [-0.4, -0.2) is 23.4 Å². The van der Waals surface area contributed by atoms with Gasteiger partial charge >= 0.3 is 0 Å². The number of aliphatic hydroxyl groups is 1. The van der Waals surface area contributed by atoms with Gasteiger partial charge in [0.2, 0.25) is 5.91 Å². The second kappa shape index (κ2) is 5.95. The highest BCUT2D eigenvalue weighted by Crippen LogP contribution is 2.30. The summed E-state index contributed by atoms with van der Waals surface area (Å²) in [4.78, 5) is 13.0. The number of hydrogen-bond donors (Lipinski definition) is 2. The minimum atomic E-state index is -0.508. The molecule has 0 radical (unpaired) electrons. The van der Waals surface area contributed by atoms with Crippen LogP contribution in [0.15, 0.2) is 23.1 Å². The van der Waals surface area contributed by atoms with Crippen LogP contribution in [0.5, 0.6) is 0 Å². The number of aliphatic hydroxyl groups excluding tert-OH is 1. The SMILES string of the molecule is CSc1ccc(NC(=O)C2CCCC2O)cc1Cl. The van der Waals surface area contributed by atoms with E-state index in [0.717, 1.165) is 17.7 Å². The number of benzene rings is 1. The molecule has 0 bridgehead atoms. The number of nitrogens with one attached hydrogen (secondary N) is 1. The van der Waals surface area contributed by atoms with Crippen molar-refractivity contribution < 1.29 is 9.90 Å². The van der Waals surface area contributed by atoms with Crippen LogP contribution in [-0.2, 0) is 4.79 Å². The molecule has 18 heavy (non-hydrogen) atoms. The highest BCUT2D eigenvalue weighted by Gasteiger charge is 2.31. The van der Waals surface area contributed by atoms with E-state index in [1.54, 1.807) is 17.8 Å². The van der Waals surface area contributed by atoms with Crippen LogP contribution in [0.1, 0.15) is 19.3 Å². The summed E-state index contributed by atoms with van der Waals surface area (Å²) >= 11 is 7.64. The van der Waals surface area contributed by atoms with Crippen LogP contribution in [0.3, 0.4) is 0 Å². The summed E-state index contributed by atoms with van der Waals surface area (Å²) in [7, 11) is 0. The Morgan fingerprint density at radius 2 is 2.28 bits per heavy atom. The number of anilines is 1. The quantitative estimate of drug-likeness (QED) is 0.839. The molecule has 2 rings (SSSR count). The van der Waals surface area contributed by atoms with E-state index in [9.17, 15) is 9.90 Å². The topological polar surface area (TPSA) is 49.3 Å². The fraction of sp³-hybridized carbons (Fsp3) is 0.462. The van der Waals surface area contributed by atoms with Crippen molar-refractivity contribution in [1.82, 2.24) is 0 Å². The number of halogens is 1. The van der Waals surface area contributed by atoms with Gasteiger partial charge in [0, 0.05) is 10.6 Å². The molecule has 1 amide bonds. The summed E-state index contributed by atoms with van der Waals surface area (Å²) in [6.07, 6.45) is 3.82. The maximum absolute atomic E-state index is 12.0. The van der Waals surface area contributed by atoms with Gasteiger partial charge in [-0.2, -0.15) is 0 Å². The van der Waals surface area contributed by atoms with Crippen molar-refractivity contribution in [3.63, 3.8) is 0 Å². The number of rotatable bonds is 3. The second-order valence-corrected chi connectivity index (χ2v) is 5.70. The molecule has 0 heterocycles. The van der Waals surface area contributed by atoms with E-state index >= 15 is 0 Å². The molecule has 2 atom stereocenters. The molecule has 1 fully saturated rings. The number of carbonyl (C=O) groups is 1. The van der Waals surface area contributed by atoms with Crippen molar-refractivity contribution in [2.45, 2.75) is 30.3 Å². The summed E-state index contributed by atoms with van der Waals surface area (Å²) in [6, 6.07) is 5.46. The van der Waals surface area contributed by atoms with Gasteiger partial charge in [-0.05, 0) is 43.7 Å². The molecule has 3 nitrogen and oxygen atoms in total. The Hall–Kier alpha value is -0.710. The highest BCUT2D eigenvalue weighted by atomic mass is 35.5. The van der Waals surface area contributed by atoms with Gasteiger partial charge in [-0.15, -0.1) is 11.8 Å². The van der Waals surface area contributed by atoms with E-state index in [1.807, 2.05) is 18.4 Å². The molecule has 1 saturated carbocycles. The summed E-state index contributed by atoms with van der Waals surface area (Å²) < 4.78 is 0. The minimum Gasteiger partial charge on any atom is -0.392 e. The first-order valence-corrected chi connectivity index (χ1v) is 7.54. The summed E-state index contributed by atoms with van der Waals surface area (Å²) in [5, 5.41) is 13.1. The summed E-state index contributed by atoms with van der Waals surface area (Å²) in [6.45, 7) is 0. The van der Waals surface area contributed by atoms with Gasteiger partial charge in [-0.25, -0.2) is 0 Å². The Morgan fingerprint density at radius 1 is 1.50 bits per heavy atom. The van der Waals surface area contributed by atoms with Crippen molar-refractivity contribution in [3.8, 4) is 0 Å². The van der Waals surface area contributed by atoms with Crippen molar-refractivity contribution in [1.29, 1.82) is 0 Å². The normalized spacial score (nSPS) is 23.1. The number of amides is 1. The van der Waals surface area contributed by atoms with Crippen LogP contribution >= 0.6 is 23.4 Å². The Morgan fingerprint density at radius 3 is 2.83 bits per heavy atom. The molecule has 1 aliphatic rings. The fourth-order valence-electron chi connectivity index (χ4n) is 2.23. The molecular weight excluding hydrogens is 270 g/mol. The average molecular weight is 286 g/mol. The molecule has 1 aromatic rings. The summed E-state index contributed by atoms with van der Waals surface area (Å²) in [5.74, 6) is -0.406.